The van der Waals surface area contributed by atoms with Crippen LogP contribution < -0.4 is 4.74 Å². The van der Waals surface area contributed by atoms with Crippen molar-refractivity contribution in [3.8, 4) is 11.5 Å². The molecule has 4 nitrogen and oxygen atoms in total. The minimum Gasteiger partial charge on any atom is -0.508 e. The maximum Gasteiger partial charge on any atom is 0.119 e. The molecule has 0 bridgehead atoms. The Morgan fingerprint density at radius 2 is 1.21 bits per heavy atom. The summed E-state index contributed by atoms with van der Waals surface area (Å²) in [5.74, 6) is 3.71. The molecule has 2 rings (SSSR count). The van der Waals surface area contributed by atoms with Crippen molar-refractivity contribution in [3.63, 3.8) is 0 Å². The van der Waals surface area contributed by atoms with Gasteiger partial charge < -0.3 is 19.6 Å². The summed E-state index contributed by atoms with van der Waals surface area (Å²) in [5, 5.41) is 9.51. The van der Waals surface area contributed by atoms with E-state index in [1.54, 1.807) is 13.2 Å². The van der Waals surface area contributed by atoms with Crippen LogP contribution in [0.4, 0.5) is 0 Å². The maximum absolute atomic E-state index is 9.51. The maximum atomic E-state index is 9.51. The summed E-state index contributed by atoms with van der Waals surface area (Å²) < 4.78 is 5.30. The van der Waals surface area contributed by atoms with Gasteiger partial charge in [-0.1, -0.05) is 52.0 Å². The van der Waals surface area contributed by atoms with Crippen LogP contribution in [-0.4, -0.2) is 63.3 Å². The minimum atomic E-state index is 0.369. The first-order valence-electron chi connectivity index (χ1n) is 12.3. The summed E-state index contributed by atoms with van der Waals surface area (Å²) in [5.41, 5.74) is 2.64. The normalized spacial score (nSPS) is 14.9. The zero-order valence-corrected chi connectivity index (χ0v) is 22.5. The Labute approximate surface area is 203 Å². The van der Waals surface area contributed by atoms with Crippen molar-refractivity contribution in [2.45, 2.75) is 52.4 Å². The van der Waals surface area contributed by atoms with Crippen molar-refractivity contribution in [2.24, 2.45) is 11.8 Å². The second kappa shape index (κ2) is 15.0. The average molecular weight is 457 g/mol. The third-order valence-corrected chi connectivity index (χ3v) is 6.38. The van der Waals surface area contributed by atoms with E-state index in [9.17, 15) is 5.11 Å². The molecule has 0 fully saturated rings. The van der Waals surface area contributed by atoms with E-state index in [2.05, 4.69) is 90.0 Å². The molecule has 2 aromatic carbocycles. The predicted octanol–water partition coefficient (Wildman–Crippen LogP) is 6.47. The molecular formula is C29H48N2O2. The summed E-state index contributed by atoms with van der Waals surface area (Å²) in [6.45, 7) is 11.3. The van der Waals surface area contributed by atoms with Gasteiger partial charge >= 0.3 is 0 Å². The number of phenolic OH excluding ortho intramolecular Hbond substituents is 1. The van der Waals surface area contributed by atoms with Gasteiger partial charge in [0.15, 0.2) is 0 Å². The van der Waals surface area contributed by atoms with E-state index in [0.717, 1.165) is 25.3 Å². The van der Waals surface area contributed by atoms with Gasteiger partial charge in [-0.3, -0.25) is 0 Å². The van der Waals surface area contributed by atoms with Gasteiger partial charge in [-0.15, -0.1) is 0 Å². The highest BCUT2D eigenvalue weighted by Crippen LogP contribution is 2.31. The lowest BCUT2D eigenvalue weighted by atomic mass is 9.85. The zero-order valence-electron chi connectivity index (χ0n) is 22.5. The van der Waals surface area contributed by atoms with Crippen LogP contribution in [-0.2, 0) is 0 Å². The highest BCUT2D eigenvalue weighted by Gasteiger charge is 2.19. The van der Waals surface area contributed by atoms with Gasteiger partial charge in [0.25, 0.3) is 0 Å². The van der Waals surface area contributed by atoms with E-state index in [-0.39, 0.29) is 0 Å². The van der Waals surface area contributed by atoms with Gasteiger partial charge in [0, 0.05) is 13.1 Å². The van der Waals surface area contributed by atoms with Crippen molar-refractivity contribution in [1.82, 2.24) is 9.80 Å². The predicted molar refractivity (Wildman–Crippen MR) is 143 cm³/mol. The summed E-state index contributed by atoms with van der Waals surface area (Å²) in [6.07, 6.45) is 2.28. The SMILES string of the molecule is CC[C@@H](c1cccc(O)c1)[C@@H](C)CN(C)C.CC[C@@H](c1cccc(OC)c1)[C@@H](C)CN(C)C. The minimum absolute atomic E-state index is 0.369. The van der Waals surface area contributed by atoms with Crippen molar-refractivity contribution in [1.29, 1.82) is 0 Å². The lowest BCUT2D eigenvalue weighted by Gasteiger charge is -2.26. The van der Waals surface area contributed by atoms with Gasteiger partial charge in [-0.05, 0) is 100 Å². The third-order valence-electron chi connectivity index (χ3n) is 6.38. The fourth-order valence-electron chi connectivity index (χ4n) is 4.97. The molecule has 0 saturated heterocycles. The molecule has 4 heteroatoms. The first-order valence-corrected chi connectivity index (χ1v) is 12.3. The molecule has 0 aliphatic carbocycles. The number of hydrogen-bond acceptors (Lipinski definition) is 4. The smallest absolute Gasteiger partial charge is 0.119 e. The van der Waals surface area contributed by atoms with Gasteiger partial charge in [-0.25, -0.2) is 0 Å². The number of nitrogens with zero attached hydrogens (tertiary/aromatic N) is 2. The summed E-state index contributed by atoms with van der Waals surface area (Å²) in [6, 6.07) is 16.1. The van der Waals surface area contributed by atoms with Crippen LogP contribution in [0.2, 0.25) is 0 Å². The highest BCUT2D eigenvalue weighted by atomic mass is 16.5. The number of hydrogen-bond donors (Lipinski definition) is 1. The molecule has 0 heterocycles. The third kappa shape index (κ3) is 10.2. The molecule has 0 radical (unpaired) electrons. The summed E-state index contributed by atoms with van der Waals surface area (Å²) in [4.78, 5) is 4.48. The summed E-state index contributed by atoms with van der Waals surface area (Å²) >= 11 is 0. The second-order valence-electron chi connectivity index (χ2n) is 9.88. The van der Waals surface area contributed by atoms with Crippen molar-refractivity contribution in [3.05, 3.63) is 59.7 Å². The lowest BCUT2D eigenvalue weighted by Crippen LogP contribution is -2.24. The van der Waals surface area contributed by atoms with Crippen LogP contribution in [0.3, 0.4) is 0 Å². The first kappa shape index (κ1) is 29.0. The lowest BCUT2D eigenvalue weighted by molar-refractivity contribution is 0.301. The summed E-state index contributed by atoms with van der Waals surface area (Å²) in [7, 11) is 10.2. The van der Waals surface area contributed by atoms with Gasteiger partial charge in [0.05, 0.1) is 7.11 Å². The standard InChI is InChI=1S/C15H25NO.C14H23NO/c1-6-15(12(2)11-16(3)4)13-8-7-9-14(10-13)17-5;1-5-14(11(2)10-15(3)4)12-7-6-8-13(16)9-12/h7-10,12,15H,6,11H2,1-5H3;6-9,11,14,16H,5,10H2,1-4H3/t12-,15+;11-,14+/m00/s1. The zero-order chi connectivity index (χ0) is 25.0. The number of ether oxygens (including phenoxy) is 1. The number of aromatic hydroxyl groups is 1. The van der Waals surface area contributed by atoms with Crippen LogP contribution in [0.5, 0.6) is 11.5 Å². The van der Waals surface area contributed by atoms with Crippen molar-refractivity contribution < 1.29 is 9.84 Å². The van der Waals surface area contributed by atoms with Crippen molar-refractivity contribution >= 4 is 0 Å². The van der Waals surface area contributed by atoms with E-state index in [1.807, 2.05) is 18.2 Å². The Balaban J connectivity index is 0.000000331. The number of phenols is 1. The average Bonchev–Trinajstić information content (AvgIpc) is 2.74. The Bertz CT molecular complexity index is 791. The molecule has 2 aromatic rings. The van der Waals surface area contributed by atoms with E-state index in [0.29, 0.717) is 29.4 Å². The number of methoxy groups -OCH3 is 1. The topological polar surface area (TPSA) is 35.9 Å². The van der Waals surface area contributed by atoms with E-state index < -0.39 is 0 Å². The van der Waals surface area contributed by atoms with E-state index >= 15 is 0 Å². The van der Waals surface area contributed by atoms with Gasteiger partial charge in [0.2, 0.25) is 0 Å². The number of rotatable bonds is 11. The Morgan fingerprint density at radius 1 is 0.758 bits per heavy atom. The fourth-order valence-corrected chi connectivity index (χ4v) is 4.97. The fraction of sp³-hybridized carbons (Fsp3) is 0.586. The molecule has 0 amide bonds. The van der Waals surface area contributed by atoms with Crippen LogP contribution in [0, 0.1) is 11.8 Å². The largest absolute Gasteiger partial charge is 0.508 e. The van der Waals surface area contributed by atoms with Crippen LogP contribution in [0.25, 0.3) is 0 Å². The van der Waals surface area contributed by atoms with Gasteiger partial charge in [0.1, 0.15) is 11.5 Å². The van der Waals surface area contributed by atoms with Crippen LogP contribution >= 0.6 is 0 Å². The molecule has 0 aliphatic heterocycles. The second-order valence-corrected chi connectivity index (χ2v) is 9.88. The quantitative estimate of drug-likeness (QED) is 0.420. The molecule has 0 aliphatic rings. The highest BCUT2D eigenvalue weighted by molar-refractivity contribution is 5.31. The molecule has 1 N–H and O–H groups in total. The molecular weight excluding hydrogens is 408 g/mol. The molecule has 0 unspecified atom stereocenters. The van der Waals surface area contributed by atoms with Crippen molar-refractivity contribution in [2.75, 3.05) is 48.4 Å². The Morgan fingerprint density at radius 3 is 1.61 bits per heavy atom. The van der Waals surface area contributed by atoms with E-state index in [1.165, 1.54) is 17.5 Å². The van der Waals surface area contributed by atoms with Crippen LogP contribution in [0.1, 0.15) is 63.5 Å². The van der Waals surface area contributed by atoms with Gasteiger partial charge in [-0.2, -0.15) is 0 Å². The molecule has 0 spiro atoms. The molecule has 33 heavy (non-hydrogen) atoms. The van der Waals surface area contributed by atoms with E-state index in [4.69, 9.17) is 4.74 Å². The first-order chi connectivity index (χ1) is 15.6. The Kier molecular flexibility index (Phi) is 13.2. The monoisotopic (exact) mass is 456 g/mol. The molecule has 0 aromatic heterocycles. The molecule has 186 valence electrons. The van der Waals surface area contributed by atoms with Crippen LogP contribution in [0.15, 0.2) is 48.5 Å². The molecule has 0 saturated carbocycles. The number of benzene rings is 2. The molecule has 4 atom stereocenters. The Hall–Kier alpha value is -2.04.